The van der Waals surface area contributed by atoms with Crippen LogP contribution in [0.5, 0.6) is 0 Å². The van der Waals surface area contributed by atoms with Crippen LogP contribution < -0.4 is 5.32 Å². The zero-order valence-corrected chi connectivity index (χ0v) is 15.3. The van der Waals surface area contributed by atoms with E-state index in [2.05, 4.69) is 5.32 Å². The van der Waals surface area contributed by atoms with Gasteiger partial charge in [-0.1, -0.05) is 13.8 Å². The van der Waals surface area contributed by atoms with Crippen LogP contribution in [-0.2, 0) is 14.3 Å². The van der Waals surface area contributed by atoms with Crippen molar-refractivity contribution in [2.45, 2.75) is 72.0 Å². The van der Waals surface area contributed by atoms with Crippen molar-refractivity contribution in [3.63, 3.8) is 0 Å². The van der Waals surface area contributed by atoms with Gasteiger partial charge in [-0.15, -0.1) is 0 Å². The molecule has 0 aliphatic heterocycles. The molecule has 6 nitrogen and oxygen atoms in total. The van der Waals surface area contributed by atoms with Crippen LogP contribution in [0.25, 0.3) is 0 Å². The first-order valence-electron chi connectivity index (χ1n) is 8.19. The fourth-order valence-electron chi connectivity index (χ4n) is 2.11. The summed E-state index contributed by atoms with van der Waals surface area (Å²) in [6, 6.07) is 0. The lowest BCUT2D eigenvalue weighted by Crippen LogP contribution is -2.39. The molecule has 0 saturated heterocycles. The van der Waals surface area contributed by atoms with Crippen LogP contribution in [0.1, 0.15) is 60.8 Å². The van der Waals surface area contributed by atoms with Crippen molar-refractivity contribution >= 4 is 11.9 Å². The first-order valence-corrected chi connectivity index (χ1v) is 8.19. The number of nitrogens with one attached hydrogen (secondary N) is 1. The van der Waals surface area contributed by atoms with Gasteiger partial charge in [0, 0.05) is 12.5 Å². The zero-order valence-electron chi connectivity index (χ0n) is 15.3. The molecule has 1 unspecified atom stereocenters. The molecule has 0 bridgehead atoms. The van der Waals surface area contributed by atoms with Crippen LogP contribution in [0.15, 0.2) is 0 Å². The van der Waals surface area contributed by atoms with Crippen LogP contribution in [0.4, 0.5) is 0 Å². The smallest absolute Gasteiger partial charge is 0.307 e. The molecule has 0 fully saturated rings. The van der Waals surface area contributed by atoms with Gasteiger partial charge < -0.3 is 20.3 Å². The predicted octanol–water partition coefficient (Wildman–Crippen LogP) is 1.63. The van der Waals surface area contributed by atoms with Crippen LogP contribution >= 0.6 is 0 Å². The molecule has 23 heavy (non-hydrogen) atoms. The zero-order chi connectivity index (χ0) is 18.3. The molecule has 0 radical (unpaired) electrons. The van der Waals surface area contributed by atoms with E-state index < -0.39 is 17.1 Å². The van der Waals surface area contributed by atoms with Gasteiger partial charge in [0.1, 0.15) is 5.60 Å². The monoisotopic (exact) mass is 331 g/mol. The van der Waals surface area contributed by atoms with Crippen molar-refractivity contribution < 1.29 is 24.5 Å². The molecule has 6 heteroatoms. The summed E-state index contributed by atoms with van der Waals surface area (Å²) in [5, 5.41) is 21.4. The topological polar surface area (TPSA) is 95.9 Å². The minimum Gasteiger partial charge on any atom is -0.460 e. The highest BCUT2D eigenvalue weighted by molar-refractivity contribution is 5.83. The van der Waals surface area contributed by atoms with E-state index in [0.717, 1.165) is 0 Å². The Morgan fingerprint density at radius 1 is 1.17 bits per heavy atom. The molecule has 1 amide bonds. The lowest BCUT2D eigenvalue weighted by Gasteiger charge is -2.24. The summed E-state index contributed by atoms with van der Waals surface area (Å²) in [4.78, 5) is 24.3. The van der Waals surface area contributed by atoms with Crippen LogP contribution in [-0.4, -0.2) is 46.4 Å². The Bertz CT molecular complexity index is 385. The summed E-state index contributed by atoms with van der Waals surface area (Å²) >= 11 is 0. The van der Waals surface area contributed by atoms with Gasteiger partial charge in [-0.05, 0) is 46.5 Å². The average molecular weight is 331 g/mol. The average Bonchev–Trinajstić information content (AvgIpc) is 2.34. The van der Waals surface area contributed by atoms with Crippen molar-refractivity contribution in [3.05, 3.63) is 0 Å². The summed E-state index contributed by atoms with van der Waals surface area (Å²) in [7, 11) is 0. The maximum Gasteiger partial charge on any atom is 0.307 e. The van der Waals surface area contributed by atoms with Crippen LogP contribution in [0.2, 0.25) is 0 Å². The Hall–Kier alpha value is -1.14. The Labute approximate surface area is 139 Å². The molecule has 0 saturated carbocycles. The van der Waals surface area contributed by atoms with E-state index >= 15 is 0 Å². The maximum atomic E-state index is 12.3. The Balaban J connectivity index is 4.58. The number of ether oxygens (including phenoxy) is 1. The van der Waals surface area contributed by atoms with E-state index in [1.807, 2.05) is 13.8 Å². The normalized spacial score (nSPS) is 15.9. The van der Waals surface area contributed by atoms with Crippen molar-refractivity contribution in [1.82, 2.24) is 5.32 Å². The van der Waals surface area contributed by atoms with Gasteiger partial charge in [-0.25, -0.2) is 0 Å². The molecule has 136 valence electrons. The third-order valence-corrected chi connectivity index (χ3v) is 3.26. The summed E-state index contributed by atoms with van der Waals surface area (Å²) in [5.41, 5.74) is -1.79. The SMILES string of the molecule is CC(C)C[C@H](CC(=O)OC(C)(C)C)C(=O)NCCC(C)(O)CO. The maximum absolute atomic E-state index is 12.3. The summed E-state index contributed by atoms with van der Waals surface area (Å²) < 4.78 is 5.28. The number of hydrogen-bond donors (Lipinski definition) is 3. The molecular weight excluding hydrogens is 298 g/mol. The quantitative estimate of drug-likeness (QED) is 0.558. The van der Waals surface area contributed by atoms with Crippen molar-refractivity contribution in [2.24, 2.45) is 11.8 Å². The molecule has 0 aliphatic carbocycles. The fourth-order valence-corrected chi connectivity index (χ4v) is 2.11. The molecule has 0 aromatic rings. The standard InChI is InChI=1S/C17H33NO5/c1-12(2)9-13(10-14(20)23-16(3,4)5)15(21)18-8-7-17(6,22)11-19/h12-13,19,22H,7-11H2,1-6H3,(H,18,21)/t13-,17?/m1/s1. The Morgan fingerprint density at radius 2 is 1.74 bits per heavy atom. The summed E-state index contributed by atoms with van der Waals surface area (Å²) in [5.74, 6) is -0.795. The molecule has 2 atom stereocenters. The van der Waals surface area contributed by atoms with Gasteiger partial charge in [0.25, 0.3) is 0 Å². The second kappa shape index (κ2) is 9.23. The summed E-state index contributed by atoms with van der Waals surface area (Å²) in [6.07, 6.45) is 0.870. The lowest BCUT2D eigenvalue weighted by atomic mass is 9.93. The third kappa shape index (κ3) is 11.1. The molecule has 0 heterocycles. The van der Waals surface area contributed by atoms with Gasteiger partial charge in [-0.3, -0.25) is 9.59 Å². The minimum atomic E-state index is -1.22. The number of aliphatic hydroxyl groups is 2. The van der Waals surface area contributed by atoms with Gasteiger partial charge in [0.2, 0.25) is 5.91 Å². The number of amides is 1. The highest BCUT2D eigenvalue weighted by Crippen LogP contribution is 2.19. The molecule has 0 aromatic heterocycles. The number of esters is 1. The molecule has 0 aliphatic rings. The molecular formula is C17H33NO5. The van der Waals surface area contributed by atoms with Crippen molar-refractivity contribution in [3.8, 4) is 0 Å². The number of rotatable bonds is 9. The first kappa shape index (κ1) is 21.9. The van der Waals surface area contributed by atoms with Crippen molar-refractivity contribution in [1.29, 1.82) is 0 Å². The number of hydrogen-bond acceptors (Lipinski definition) is 5. The number of carbonyl (C=O) groups is 2. The number of carbonyl (C=O) groups excluding carboxylic acids is 2. The highest BCUT2D eigenvalue weighted by atomic mass is 16.6. The van der Waals surface area contributed by atoms with Gasteiger partial charge in [-0.2, -0.15) is 0 Å². The second-order valence-electron chi connectivity index (χ2n) is 7.81. The van der Waals surface area contributed by atoms with Crippen LogP contribution in [0.3, 0.4) is 0 Å². The third-order valence-electron chi connectivity index (χ3n) is 3.26. The first-order chi connectivity index (χ1) is 10.4. The molecule has 0 aromatic carbocycles. The Morgan fingerprint density at radius 3 is 2.17 bits per heavy atom. The van der Waals surface area contributed by atoms with E-state index in [9.17, 15) is 14.7 Å². The lowest BCUT2D eigenvalue weighted by molar-refractivity contribution is -0.157. The molecule has 0 rings (SSSR count). The number of aliphatic hydroxyl groups excluding tert-OH is 1. The van der Waals surface area contributed by atoms with Gasteiger partial charge in [0.15, 0.2) is 0 Å². The minimum absolute atomic E-state index is 0.0394. The van der Waals surface area contributed by atoms with E-state index in [1.54, 1.807) is 20.8 Å². The fraction of sp³-hybridized carbons (Fsp3) is 0.882. The van der Waals surface area contributed by atoms with E-state index in [-0.39, 0.29) is 43.8 Å². The van der Waals surface area contributed by atoms with Crippen molar-refractivity contribution in [2.75, 3.05) is 13.2 Å². The summed E-state index contributed by atoms with van der Waals surface area (Å²) in [6.45, 7) is 10.7. The van der Waals surface area contributed by atoms with E-state index in [4.69, 9.17) is 9.84 Å². The largest absolute Gasteiger partial charge is 0.460 e. The van der Waals surface area contributed by atoms with E-state index in [1.165, 1.54) is 6.92 Å². The van der Waals surface area contributed by atoms with Gasteiger partial charge >= 0.3 is 5.97 Å². The highest BCUT2D eigenvalue weighted by Gasteiger charge is 2.27. The van der Waals surface area contributed by atoms with Gasteiger partial charge in [0.05, 0.1) is 18.6 Å². The van der Waals surface area contributed by atoms with Crippen LogP contribution in [0, 0.1) is 11.8 Å². The van der Waals surface area contributed by atoms with E-state index in [0.29, 0.717) is 6.42 Å². The second-order valence-corrected chi connectivity index (χ2v) is 7.81. The molecule has 3 N–H and O–H groups in total. The predicted molar refractivity (Wildman–Crippen MR) is 88.7 cm³/mol. The Kier molecular flexibility index (Phi) is 8.77. The molecule has 0 spiro atoms.